The van der Waals surface area contributed by atoms with Crippen molar-refractivity contribution in [2.45, 2.75) is 38.1 Å². The van der Waals surface area contributed by atoms with Gasteiger partial charge in [-0.1, -0.05) is 24.8 Å². The molecule has 0 amide bonds. The normalized spacial score (nSPS) is 23.9. The van der Waals surface area contributed by atoms with Gasteiger partial charge in [0.1, 0.15) is 6.04 Å². The Morgan fingerprint density at radius 2 is 1.94 bits per heavy atom. The zero-order valence-corrected chi connectivity index (χ0v) is 18.6. The van der Waals surface area contributed by atoms with Crippen LogP contribution in [-0.4, -0.2) is 38.2 Å². The number of benzene rings is 1. The SMILES string of the molecule is Cc1cc([C@@H]2[C@@H](c3ccccn3)N=C3S[C@@H](C)CN32)c(C)n1-c1ccc2c(c1)OCO2. The fraction of sp³-hybridized carbons (Fsp3) is 0.333. The zero-order valence-electron chi connectivity index (χ0n) is 17.8. The molecule has 6 nitrogen and oxygen atoms in total. The van der Waals surface area contributed by atoms with Gasteiger partial charge in [-0.15, -0.1) is 0 Å². The molecule has 7 heteroatoms. The molecule has 1 saturated heterocycles. The molecule has 0 saturated carbocycles. The summed E-state index contributed by atoms with van der Waals surface area (Å²) in [5, 5.41) is 1.68. The van der Waals surface area contributed by atoms with E-state index < -0.39 is 0 Å². The van der Waals surface area contributed by atoms with Crippen LogP contribution in [0.25, 0.3) is 5.69 Å². The maximum Gasteiger partial charge on any atom is 0.231 e. The molecule has 0 radical (unpaired) electrons. The summed E-state index contributed by atoms with van der Waals surface area (Å²) in [5.74, 6) is 1.60. The summed E-state index contributed by atoms with van der Waals surface area (Å²) in [6.07, 6.45) is 1.86. The van der Waals surface area contributed by atoms with E-state index in [4.69, 9.17) is 14.5 Å². The Morgan fingerprint density at radius 3 is 2.77 bits per heavy atom. The van der Waals surface area contributed by atoms with Crippen molar-refractivity contribution >= 4 is 16.9 Å². The van der Waals surface area contributed by atoms with E-state index in [0.29, 0.717) is 5.25 Å². The van der Waals surface area contributed by atoms with Crippen LogP contribution in [0.3, 0.4) is 0 Å². The second-order valence-corrected chi connectivity index (χ2v) is 9.74. The van der Waals surface area contributed by atoms with Gasteiger partial charge in [0.25, 0.3) is 0 Å². The van der Waals surface area contributed by atoms with E-state index >= 15 is 0 Å². The summed E-state index contributed by atoms with van der Waals surface area (Å²) in [7, 11) is 0. The number of ether oxygens (including phenoxy) is 2. The number of hydrogen-bond acceptors (Lipinski definition) is 6. The maximum absolute atomic E-state index is 5.62. The van der Waals surface area contributed by atoms with Gasteiger partial charge in [-0.25, -0.2) is 0 Å². The molecule has 0 N–H and O–H groups in total. The topological polar surface area (TPSA) is 51.9 Å². The number of nitrogens with zero attached hydrogens (tertiary/aromatic N) is 4. The molecule has 2 aromatic heterocycles. The van der Waals surface area contributed by atoms with Crippen molar-refractivity contribution in [3.8, 4) is 17.2 Å². The maximum atomic E-state index is 5.62. The first-order chi connectivity index (χ1) is 15.1. The number of pyridine rings is 1. The average molecular weight is 433 g/mol. The molecule has 0 unspecified atom stereocenters. The van der Waals surface area contributed by atoms with Crippen LogP contribution in [0.4, 0.5) is 0 Å². The summed E-state index contributed by atoms with van der Waals surface area (Å²) in [6.45, 7) is 7.92. The van der Waals surface area contributed by atoms with Crippen LogP contribution < -0.4 is 9.47 Å². The van der Waals surface area contributed by atoms with E-state index in [-0.39, 0.29) is 18.9 Å². The number of rotatable bonds is 3. The van der Waals surface area contributed by atoms with Crippen LogP contribution in [0, 0.1) is 13.8 Å². The standard InChI is InChI=1S/C24H24N4O2S/c1-14-10-18(16(3)28(14)17-7-8-20-21(11-17)30-13-29-20)23-22(19-6-4-5-9-25-19)26-24-27(23)12-15(2)31-24/h4-11,15,22-23H,12-13H2,1-3H3/t15-,22+,23+/m0/s1. The molecule has 3 atom stereocenters. The van der Waals surface area contributed by atoms with Crippen molar-refractivity contribution in [3.05, 3.63) is 71.3 Å². The molecule has 3 aromatic rings. The third kappa shape index (κ3) is 2.94. The van der Waals surface area contributed by atoms with E-state index in [1.54, 1.807) is 0 Å². The lowest BCUT2D eigenvalue weighted by Crippen LogP contribution is -2.28. The third-order valence-electron chi connectivity index (χ3n) is 6.28. The summed E-state index contributed by atoms with van der Waals surface area (Å²) in [6, 6.07) is 14.7. The monoisotopic (exact) mass is 432 g/mol. The van der Waals surface area contributed by atoms with Gasteiger partial charge in [-0.3, -0.25) is 9.98 Å². The third-order valence-corrected chi connectivity index (χ3v) is 7.39. The molecular formula is C24H24N4O2S. The van der Waals surface area contributed by atoms with Gasteiger partial charge >= 0.3 is 0 Å². The van der Waals surface area contributed by atoms with Crippen molar-refractivity contribution in [1.29, 1.82) is 0 Å². The summed E-state index contributed by atoms with van der Waals surface area (Å²) < 4.78 is 13.4. The second-order valence-electron chi connectivity index (χ2n) is 8.34. The van der Waals surface area contributed by atoms with Gasteiger partial charge in [0.2, 0.25) is 6.79 Å². The van der Waals surface area contributed by atoms with Crippen molar-refractivity contribution < 1.29 is 9.47 Å². The van der Waals surface area contributed by atoms with E-state index in [1.807, 2.05) is 30.1 Å². The predicted octanol–water partition coefficient (Wildman–Crippen LogP) is 4.81. The highest BCUT2D eigenvalue weighted by Crippen LogP contribution is 2.49. The smallest absolute Gasteiger partial charge is 0.231 e. The largest absolute Gasteiger partial charge is 0.454 e. The average Bonchev–Trinajstić information content (AvgIpc) is 3.51. The second kappa shape index (κ2) is 7.05. The van der Waals surface area contributed by atoms with Crippen LogP contribution in [0.15, 0.2) is 53.7 Å². The Bertz CT molecular complexity index is 1190. The highest BCUT2D eigenvalue weighted by Gasteiger charge is 2.44. The zero-order chi connectivity index (χ0) is 21.1. The summed E-state index contributed by atoms with van der Waals surface area (Å²) in [4.78, 5) is 12.3. The first kappa shape index (κ1) is 18.8. The van der Waals surface area contributed by atoms with E-state index in [9.17, 15) is 0 Å². The Morgan fingerprint density at radius 1 is 1.06 bits per heavy atom. The number of aryl methyl sites for hydroxylation is 1. The first-order valence-corrected chi connectivity index (χ1v) is 11.5. The fourth-order valence-corrected chi connectivity index (χ4v) is 6.06. The fourth-order valence-electron chi connectivity index (χ4n) is 4.96. The van der Waals surface area contributed by atoms with E-state index in [1.165, 1.54) is 17.0 Å². The highest BCUT2D eigenvalue weighted by molar-refractivity contribution is 8.14. The molecule has 31 heavy (non-hydrogen) atoms. The minimum Gasteiger partial charge on any atom is -0.454 e. The number of hydrogen-bond donors (Lipinski definition) is 0. The van der Waals surface area contributed by atoms with Crippen molar-refractivity contribution in [2.24, 2.45) is 4.99 Å². The van der Waals surface area contributed by atoms with Crippen molar-refractivity contribution in [1.82, 2.24) is 14.5 Å². The van der Waals surface area contributed by atoms with Gasteiger partial charge in [0.15, 0.2) is 16.7 Å². The molecule has 0 bridgehead atoms. The molecule has 3 aliphatic heterocycles. The molecule has 1 aromatic carbocycles. The molecule has 5 heterocycles. The Kier molecular flexibility index (Phi) is 4.28. The lowest BCUT2D eigenvalue weighted by atomic mass is 9.96. The van der Waals surface area contributed by atoms with Gasteiger partial charge < -0.3 is 18.9 Å². The summed E-state index contributed by atoms with van der Waals surface area (Å²) >= 11 is 1.87. The van der Waals surface area contributed by atoms with Crippen molar-refractivity contribution in [3.63, 3.8) is 0 Å². The van der Waals surface area contributed by atoms with Crippen LogP contribution in [0.1, 0.15) is 41.7 Å². The number of aliphatic imine (C=N–C) groups is 1. The molecule has 0 spiro atoms. The molecule has 0 aliphatic carbocycles. The first-order valence-electron chi connectivity index (χ1n) is 10.6. The lowest BCUT2D eigenvalue weighted by Gasteiger charge is -2.27. The molecule has 3 aliphatic rings. The Balaban J connectivity index is 1.45. The number of aromatic nitrogens is 2. The van der Waals surface area contributed by atoms with Gasteiger partial charge in [0.05, 0.1) is 11.7 Å². The highest BCUT2D eigenvalue weighted by atomic mass is 32.2. The van der Waals surface area contributed by atoms with Crippen LogP contribution in [0.2, 0.25) is 0 Å². The number of fused-ring (bicyclic) bond motifs is 2. The van der Waals surface area contributed by atoms with Gasteiger partial charge in [-0.2, -0.15) is 0 Å². The quantitative estimate of drug-likeness (QED) is 0.595. The van der Waals surface area contributed by atoms with Gasteiger partial charge in [0, 0.05) is 41.1 Å². The Labute approximate surface area is 185 Å². The van der Waals surface area contributed by atoms with Gasteiger partial charge in [-0.05, 0) is 49.7 Å². The Hall–Kier alpha value is -2.93. The van der Waals surface area contributed by atoms with Crippen LogP contribution in [-0.2, 0) is 0 Å². The minimum atomic E-state index is 0.00176. The number of amidine groups is 1. The summed E-state index contributed by atoms with van der Waals surface area (Å²) in [5.41, 5.74) is 5.83. The van der Waals surface area contributed by atoms with E-state index in [2.05, 4.69) is 65.6 Å². The number of thioether (sulfide) groups is 1. The molecule has 158 valence electrons. The minimum absolute atomic E-state index is 0.00176. The predicted molar refractivity (Wildman–Crippen MR) is 122 cm³/mol. The lowest BCUT2D eigenvalue weighted by molar-refractivity contribution is 0.174. The van der Waals surface area contributed by atoms with Crippen molar-refractivity contribution in [2.75, 3.05) is 13.3 Å². The van der Waals surface area contributed by atoms with Crippen LogP contribution in [0.5, 0.6) is 11.5 Å². The molecule has 1 fully saturated rings. The van der Waals surface area contributed by atoms with E-state index in [0.717, 1.165) is 34.6 Å². The van der Waals surface area contributed by atoms with Crippen LogP contribution >= 0.6 is 11.8 Å². The molecular weight excluding hydrogens is 408 g/mol. The molecule has 6 rings (SSSR count).